The molecular weight excluding hydrogens is 244 g/mol. The van der Waals surface area contributed by atoms with E-state index >= 15 is 0 Å². The van der Waals surface area contributed by atoms with Crippen LogP contribution in [0.2, 0.25) is 0 Å². The van der Waals surface area contributed by atoms with Crippen molar-refractivity contribution in [2.24, 2.45) is 0 Å². The maximum atomic E-state index is 12.2. The van der Waals surface area contributed by atoms with Gasteiger partial charge in [-0.25, -0.2) is 8.42 Å². The zero-order valence-corrected chi connectivity index (χ0v) is 10.5. The van der Waals surface area contributed by atoms with E-state index in [4.69, 9.17) is 5.26 Å². The van der Waals surface area contributed by atoms with Crippen molar-refractivity contribution in [2.45, 2.75) is 30.0 Å². The Morgan fingerprint density at radius 3 is 2.69 bits per heavy atom. The van der Waals surface area contributed by atoms with Gasteiger partial charge in [0.15, 0.2) is 0 Å². The Kier molecular flexibility index (Phi) is 3.02. The summed E-state index contributed by atoms with van der Waals surface area (Å²) in [7, 11) is -3.38. The molecule has 1 aromatic rings. The molecule has 0 aromatic carbocycles. The lowest BCUT2D eigenvalue weighted by Crippen LogP contribution is -2.32. The predicted molar refractivity (Wildman–Crippen MR) is 61.6 cm³/mol. The van der Waals surface area contributed by atoms with Crippen molar-refractivity contribution in [1.29, 1.82) is 5.26 Å². The van der Waals surface area contributed by atoms with Gasteiger partial charge in [0.2, 0.25) is 0 Å². The maximum Gasteiger partial charge on any atom is 0.252 e. The molecular formula is C10H12N2O2S2. The van der Waals surface area contributed by atoms with Gasteiger partial charge >= 0.3 is 0 Å². The first-order valence-electron chi connectivity index (χ1n) is 5.11. The average molecular weight is 256 g/mol. The quantitative estimate of drug-likeness (QED) is 0.825. The first-order chi connectivity index (χ1) is 7.59. The summed E-state index contributed by atoms with van der Waals surface area (Å²) in [4.78, 5) is 0.436. The molecule has 0 aliphatic heterocycles. The van der Waals surface area contributed by atoms with Crippen molar-refractivity contribution in [3.63, 3.8) is 0 Å². The van der Waals surface area contributed by atoms with E-state index in [0.29, 0.717) is 11.4 Å². The van der Waals surface area contributed by atoms with E-state index in [2.05, 4.69) is 0 Å². The largest absolute Gasteiger partial charge is 0.252 e. The summed E-state index contributed by atoms with van der Waals surface area (Å²) in [6.07, 6.45) is 1.90. The van der Waals surface area contributed by atoms with E-state index in [0.717, 1.165) is 24.2 Å². The van der Waals surface area contributed by atoms with E-state index < -0.39 is 10.0 Å². The molecule has 0 atom stereocenters. The fourth-order valence-corrected chi connectivity index (χ4v) is 4.55. The molecule has 86 valence electrons. The standard InChI is InChI=1S/C10H12N2O2S2/c1-2-12(8-3-4-8)16(13,14)10-6-5-9(7-11)15-10/h5-6,8H,2-4H2,1H3. The Morgan fingerprint density at radius 1 is 1.56 bits per heavy atom. The molecule has 0 spiro atoms. The zero-order valence-electron chi connectivity index (χ0n) is 8.88. The summed E-state index contributed by atoms with van der Waals surface area (Å²) in [6.45, 7) is 2.33. The molecule has 1 saturated carbocycles. The molecule has 0 unspecified atom stereocenters. The minimum Gasteiger partial charge on any atom is -0.206 e. The third kappa shape index (κ3) is 1.98. The fraction of sp³-hybridized carbons (Fsp3) is 0.500. The second-order valence-corrected chi connectivity index (χ2v) is 6.87. The number of thiophene rings is 1. The lowest BCUT2D eigenvalue weighted by atomic mass is 10.5. The van der Waals surface area contributed by atoms with E-state index in [-0.39, 0.29) is 10.3 Å². The Labute approximate surface area is 99.2 Å². The van der Waals surface area contributed by atoms with Crippen LogP contribution in [0.5, 0.6) is 0 Å². The van der Waals surface area contributed by atoms with Gasteiger partial charge in [0.1, 0.15) is 15.2 Å². The molecule has 6 heteroatoms. The lowest BCUT2D eigenvalue weighted by molar-refractivity contribution is 0.422. The maximum absolute atomic E-state index is 12.2. The van der Waals surface area contributed by atoms with E-state index in [1.165, 1.54) is 10.4 Å². The van der Waals surface area contributed by atoms with Crippen LogP contribution in [-0.4, -0.2) is 25.3 Å². The van der Waals surface area contributed by atoms with Crippen LogP contribution in [-0.2, 0) is 10.0 Å². The van der Waals surface area contributed by atoms with E-state index in [1.807, 2.05) is 13.0 Å². The fourth-order valence-electron chi connectivity index (χ4n) is 1.62. The number of hydrogen-bond donors (Lipinski definition) is 0. The molecule has 4 nitrogen and oxygen atoms in total. The van der Waals surface area contributed by atoms with Crippen LogP contribution in [0.3, 0.4) is 0 Å². The van der Waals surface area contributed by atoms with Gasteiger partial charge in [-0.2, -0.15) is 9.57 Å². The van der Waals surface area contributed by atoms with Gasteiger partial charge in [-0.15, -0.1) is 11.3 Å². The van der Waals surface area contributed by atoms with Crippen LogP contribution in [0.1, 0.15) is 24.6 Å². The zero-order chi connectivity index (χ0) is 11.8. The van der Waals surface area contributed by atoms with Gasteiger partial charge in [0.25, 0.3) is 10.0 Å². The van der Waals surface area contributed by atoms with Gasteiger partial charge in [0, 0.05) is 12.6 Å². The van der Waals surface area contributed by atoms with Gasteiger partial charge in [0.05, 0.1) is 0 Å². The molecule has 2 rings (SSSR count). The number of sulfonamides is 1. The summed E-state index contributed by atoms with van der Waals surface area (Å²) < 4.78 is 26.2. The monoisotopic (exact) mass is 256 g/mol. The number of nitriles is 1. The van der Waals surface area contributed by atoms with Crippen molar-refractivity contribution < 1.29 is 8.42 Å². The molecule has 0 radical (unpaired) electrons. The number of rotatable bonds is 4. The molecule has 0 saturated heterocycles. The van der Waals surface area contributed by atoms with Gasteiger partial charge in [-0.05, 0) is 25.0 Å². The van der Waals surface area contributed by atoms with Gasteiger partial charge in [-0.1, -0.05) is 6.92 Å². The van der Waals surface area contributed by atoms with Crippen LogP contribution in [0, 0.1) is 11.3 Å². The first kappa shape index (κ1) is 11.6. The van der Waals surface area contributed by atoms with Crippen molar-refractivity contribution in [3.8, 4) is 6.07 Å². The Morgan fingerprint density at radius 2 is 2.25 bits per heavy atom. The Balaban J connectivity index is 2.34. The molecule has 0 N–H and O–H groups in total. The molecule has 0 amide bonds. The minimum absolute atomic E-state index is 0.169. The topological polar surface area (TPSA) is 61.2 Å². The summed E-state index contributed by atoms with van der Waals surface area (Å²) in [6, 6.07) is 5.20. The lowest BCUT2D eigenvalue weighted by Gasteiger charge is -2.18. The van der Waals surface area contributed by atoms with Crippen molar-refractivity contribution in [2.75, 3.05) is 6.54 Å². The third-order valence-corrected chi connectivity index (χ3v) is 6.01. The van der Waals surface area contributed by atoms with Crippen LogP contribution in [0.4, 0.5) is 0 Å². The molecule has 1 aliphatic carbocycles. The highest BCUT2D eigenvalue weighted by Gasteiger charge is 2.37. The van der Waals surface area contributed by atoms with Gasteiger partial charge in [-0.3, -0.25) is 0 Å². The summed E-state index contributed by atoms with van der Waals surface area (Å²) >= 11 is 1.04. The van der Waals surface area contributed by atoms with E-state index in [9.17, 15) is 8.42 Å². The Bertz CT molecular complexity index is 523. The van der Waals surface area contributed by atoms with Crippen LogP contribution in [0.25, 0.3) is 0 Å². The molecule has 16 heavy (non-hydrogen) atoms. The molecule has 0 bridgehead atoms. The summed E-state index contributed by atoms with van der Waals surface area (Å²) in [5.74, 6) is 0. The predicted octanol–water partition coefficient (Wildman–Crippen LogP) is 1.79. The van der Waals surface area contributed by atoms with Gasteiger partial charge < -0.3 is 0 Å². The van der Waals surface area contributed by atoms with Crippen molar-refractivity contribution >= 4 is 21.4 Å². The van der Waals surface area contributed by atoms with E-state index in [1.54, 1.807) is 6.07 Å². The first-order valence-corrected chi connectivity index (χ1v) is 7.37. The SMILES string of the molecule is CCN(C1CC1)S(=O)(=O)c1ccc(C#N)s1. The minimum atomic E-state index is -3.38. The average Bonchev–Trinajstić information content (AvgIpc) is 2.95. The number of hydrogen-bond acceptors (Lipinski definition) is 4. The molecule has 1 aromatic heterocycles. The second-order valence-electron chi connectivity index (χ2n) is 3.67. The smallest absolute Gasteiger partial charge is 0.206 e. The summed E-state index contributed by atoms with van der Waals surface area (Å²) in [5, 5.41) is 8.69. The number of nitrogens with zero attached hydrogens (tertiary/aromatic N) is 2. The highest BCUT2D eigenvalue weighted by atomic mass is 32.2. The second kappa shape index (κ2) is 4.17. The highest BCUT2D eigenvalue weighted by molar-refractivity contribution is 7.91. The summed E-state index contributed by atoms with van der Waals surface area (Å²) in [5.41, 5.74) is 0. The van der Waals surface area contributed by atoms with Crippen LogP contribution in [0.15, 0.2) is 16.3 Å². The van der Waals surface area contributed by atoms with Crippen LogP contribution >= 0.6 is 11.3 Å². The highest BCUT2D eigenvalue weighted by Crippen LogP contribution is 2.33. The Hall–Kier alpha value is -0.900. The van der Waals surface area contributed by atoms with Crippen molar-refractivity contribution in [3.05, 3.63) is 17.0 Å². The van der Waals surface area contributed by atoms with Crippen molar-refractivity contribution in [1.82, 2.24) is 4.31 Å². The van der Waals surface area contributed by atoms with Crippen LogP contribution < -0.4 is 0 Å². The molecule has 1 fully saturated rings. The molecule has 1 heterocycles. The normalized spacial score (nSPS) is 16.3. The third-order valence-electron chi connectivity index (χ3n) is 2.52. The molecule has 1 aliphatic rings.